The molecule has 0 aliphatic heterocycles. The van der Waals surface area contributed by atoms with E-state index in [0.29, 0.717) is 27.4 Å². The van der Waals surface area contributed by atoms with Crippen LogP contribution in [0.2, 0.25) is 5.02 Å². The Labute approximate surface area is 170 Å². The summed E-state index contributed by atoms with van der Waals surface area (Å²) in [7, 11) is 0. The van der Waals surface area contributed by atoms with Crippen molar-refractivity contribution in [1.82, 2.24) is 15.2 Å². The number of nitrogens with one attached hydrogen (secondary N) is 1. The summed E-state index contributed by atoms with van der Waals surface area (Å²) in [5, 5.41) is 9.46. The average molecular weight is 414 g/mol. The van der Waals surface area contributed by atoms with Gasteiger partial charge in [-0.05, 0) is 37.3 Å². The Kier molecular flexibility index (Phi) is 5.36. The number of hydrogen-bond donors (Lipinski definition) is 1. The van der Waals surface area contributed by atoms with Gasteiger partial charge < -0.3 is 14.1 Å². The van der Waals surface area contributed by atoms with Crippen LogP contribution in [0.25, 0.3) is 10.9 Å². The number of ether oxygens (including phenoxy) is 1. The number of thioether (sulfide) groups is 1. The number of hydrogen-bond acceptors (Lipinski definition) is 6. The number of rotatable bonds is 7. The molecular weight excluding hydrogens is 398 g/mol. The lowest BCUT2D eigenvalue weighted by atomic mass is 10.1. The van der Waals surface area contributed by atoms with E-state index in [-0.39, 0.29) is 17.6 Å². The fraction of sp³-hybridized carbons (Fsp3) is 0.150. The highest BCUT2D eigenvalue weighted by Crippen LogP contribution is 2.27. The van der Waals surface area contributed by atoms with Gasteiger partial charge >= 0.3 is 0 Å². The number of carbonyl (C=O) groups is 1. The molecule has 2 aromatic heterocycles. The number of benzene rings is 2. The number of Topliss-reactive ketones (excluding diaryl/α,β-unsaturated/α-hetero) is 1. The third-order valence-corrected chi connectivity index (χ3v) is 5.31. The highest BCUT2D eigenvalue weighted by molar-refractivity contribution is 8.00. The normalized spacial score (nSPS) is 12.2. The van der Waals surface area contributed by atoms with Gasteiger partial charge in [-0.15, -0.1) is 10.2 Å². The van der Waals surface area contributed by atoms with Crippen molar-refractivity contribution in [3.05, 3.63) is 71.2 Å². The first-order chi connectivity index (χ1) is 13.6. The third kappa shape index (κ3) is 4.05. The second-order valence-corrected chi connectivity index (χ2v) is 7.81. The topological polar surface area (TPSA) is 81.0 Å². The zero-order valence-electron chi connectivity index (χ0n) is 14.9. The van der Waals surface area contributed by atoms with Crippen LogP contribution in [0.15, 0.2) is 64.4 Å². The number of para-hydroxylation sites is 1. The highest BCUT2D eigenvalue weighted by atomic mass is 35.5. The Morgan fingerprint density at radius 2 is 2.00 bits per heavy atom. The second kappa shape index (κ2) is 8.08. The first-order valence-electron chi connectivity index (χ1n) is 8.58. The van der Waals surface area contributed by atoms with Crippen molar-refractivity contribution in [3.63, 3.8) is 0 Å². The molecule has 8 heteroatoms. The molecule has 0 unspecified atom stereocenters. The zero-order chi connectivity index (χ0) is 19.5. The van der Waals surface area contributed by atoms with Crippen LogP contribution >= 0.6 is 23.4 Å². The number of halogens is 1. The van der Waals surface area contributed by atoms with Crippen molar-refractivity contribution >= 4 is 40.0 Å². The van der Waals surface area contributed by atoms with Gasteiger partial charge in [-0.25, -0.2) is 0 Å². The largest absolute Gasteiger partial charge is 0.484 e. The van der Waals surface area contributed by atoms with Crippen molar-refractivity contribution in [2.24, 2.45) is 0 Å². The molecule has 0 fully saturated rings. The number of nitrogens with zero attached hydrogens (tertiary/aromatic N) is 2. The molecule has 0 aliphatic rings. The minimum atomic E-state index is -0.371. The van der Waals surface area contributed by atoms with Gasteiger partial charge in [0.05, 0.1) is 5.25 Å². The minimum Gasteiger partial charge on any atom is -0.484 e. The lowest BCUT2D eigenvalue weighted by molar-refractivity contribution is 0.0995. The van der Waals surface area contributed by atoms with Gasteiger partial charge in [0.15, 0.2) is 12.4 Å². The first-order valence-corrected chi connectivity index (χ1v) is 9.83. The monoisotopic (exact) mass is 413 g/mol. The molecule has 1 atom stereocenters. The van der Waals surface area contributed by atoms with E-state index in [2.05, 4.69) is 15.2 Å². The van der Waals surface area contributed by atoms with E-state index in [0.717, 1.165) is 10.9 Å². The Morgan fingerprint density at radius 1 is 1.21 bits per heavy atom. The molecule has 28 heavy (non-hydrogen) atoms. The van der Waals surface area contributed by atoms with Crippen molar-refractivity contribution in [2.45, 2.75) is 24.0 Å². The van der Waals surface area contributed by atoms with E-state index >= 15 is 0 Å². The average Bonchev–Trinajstić information content (AvgIpc) is 3.34. The summed E-state index contributed by atoms with van der Waals surface area (Å²) >= 11 is 7.07. The van der Waals surface area contributed by atoms with Crippen molar-refractivity contribution < 1.29 is 13.9 Å². The van der Waals surface area contributed by atoms with Crippen molar-refractivity contribution in [1.29, 1.82) is 0 Å². The van der Waals surface area contributed by atoms with Gasteiger partial charge in [-0.1, -0.05) is 41.6 Å². The fourth-order valence-electron chi connectivity index (χ4n) is 2.72. The summed E-state index contributed by atoms with van der Waals surface area (Å²) in [6, 6.07) is 14.7. The summed E-state index contributed by atoms with van der Waals surface area (Å²) in [5.74, 6) is 0.989. The van der Waals surface area contributed by atoms with Crippen LogP contribution in [-0.4, -0.2) is 26.2 Å². The van der Waals surface area contributed by atoms with Gasteiger partial charge in [-0.3, -0.25) is 4.79 Å². The summed E-state index contributed by atoms with van der Waals surface area (Å²) in [5.41, 5.74) is 1.59. The smallest absolute Gasteiger partial charge is 0.277 e. The maximum atomic E-state index is 12.8. The summed E-state index contributed by atoms with van der Waals surface area (Å²) in [4.78, 5) is 15.9. The molecule has 2 heterocycles. The van der Waals surface area contributed by atoms with Gasteiger partial charge in [0.25, 0.3) is 11.1 Å². The lowest BCUT2D eigenvalue weighted by Gasteiger charge is -2.06. The van der Waals surface area contributed by atoms with E-state index in [4.69, 9.17) is 20.8 Å². The molecule has 4 aromatic rings. The SMILES string of the molecule is C[C@H](Sc1nnc(COc2ccc(Cl)cc2)o1)C(=O)c1c[nH]c2ccccc12. The third-order valence-electron chi connectivity index (χ3n) is 4.13. The van der Waals surface area contributed by atoms with Crippen LogP contribution < -0.4 is 4.74 Å². The number of ketones is 1. The number of aromatic nitrogens is 3. The maximum Gasteiger partial charge on any atom is 0.277 e. The standard InChI is InChI=1S/C20H16ClN3O3S/c1-12(19(25)16-10-22-17-5-3-2-4-15(16)17)28-20-24-23-18(27-20)11-26-14-8-6-13(21)7-9-14/h2-10,12,22H,11H2,1H3/t12-/m0/s1. The predicted molar refractivity (Wildman–Crippen MR) is 108 cm³/mol. The molecule has 0 amide bonds. The summed E-state index contributed by atoms with van der Waals surface area (Å²) in [6.45, 7) is 1.96. The summed E-state index contributed by atoms with van der Waals surface area (Å²) < 4.78 is 11.2. The van der Waals surface area contributed by atoms with Gasteiger partial charge in [0.1, 0.15) is 5.75 Å². The van der Waals surface area contributed by atoms with Gasteiger partial charge in [0.2, 0.25) is 0 Å². The number of H-pyrrole nitrogens is 1. The van der Waals surface area contributed by atoms with Crippen molar-refractivity contribution in [2.75, 3.05) is 0 Å². The Morgan fingerprint density at radius 3 is 2.82 bits per heavy atom. The predicted octanol–water partition coefficient (Wildman–Crippen LogP) is 5.15. The van der Waals surface area contributed by atoms with Crippen LogP contribution in [0, 0.1) is 0 Å². The number of aromatic amines is 1. The maximum absolute atomic E-state index is 12.8. The number of fused-ring (bicyclic) bond motifs is 1. The van der Waals surface area contributed by atoms with E-state index in [1.165, 1.54) is 11.8 Å². The van der Waals surface area contributed by atoms with Crippen LogP contribution in [0.5, 0.6) is 5.75 Å². The Balaban J connectivity index is 1.39. The van der Waals surface area contributed by atoms with Gasteiger partial charge in [0, 0.05) is 27.7 Å². The molecule has 0 aliphatic carbocycles. The molecule has 0 bridgehead atoms. The lowest BCUT2D eigenvalue weighted by Crippen LogP contribution is -2.13. The van der Waals surface area contributed by atoms with E-state index in [9.17, 15) is 4.79 Å². The van der Waals surface area contributed by atoms with Crippen molar-refractivity contribution in [3.8, 4) is 5.75 Å². The first kappa shape index (κ1) is 18.6. The Bertz CT molecular complexity index is 1110. The zero-order valence-corrected chi connectivity index (χ0v) is 16.5. The molecule has 4 rings (SSSR count). The summed E-state index contributed by atoms with van der Waals surface area (Å²) in [6.07, 6.45) is 1.74. The molecule has 142 valence electrons. The van der Waals surface area contributed by atoms with Crippen LogP contribution in [0.1, 0.15) is 23.2 Å². The molecule has 2 aromatic carbocycles. The fourth-order valence-corrected chi connectivity index (χ4v) is 3.61. The molecule has 0 spiro atoms. The molecule has 0 saturated heterocycles. The number of carbonyl (C=O) groups excluding carboxylic acids is 1. The van der Waals surface area contributed by atoms with Crippen LogP contribution in [0.3, 0.4) is 0 Å². The molecule has 0 radical (unpaired) electrons. The Hall–Kier alpha value is -2.77. The van der Waals surface area contributed by atoms with E-state index in [1.54, 1.807) is 30.5 Å². The van der Waals surface area contributed by atoms with Crippen LogP contribution in [0.4, 0.5) is 0 Å². The highest BCUT2D eigenvalue weighted by Gasteiger charge is 2.22. The van der Waals surface area contributed by atoms with E-state index in [1.807, 2.05) is 31.2 Å². The molecule has 0 saturated carbocycles. The molecule has 6 nitrogen and oxygen atoms in total. The molecule has 1 N–H and O–H groups in total. The minimum absolute atomic E-state index is 0.000357. The molecular formula is C20H16ClN3O3S. The quantitative estimate of drug-likeness (QED) is 0.333. The van der Waals surface area contributed by atoms with Crippen LogP contribution in [-0.2, 0) is 6.61 Å². The van der Waals surface area contributed by atoms with Gasteiger partial charge in [-0.2, -0.15) is 0 Å². The van der Waals surface area contributed by atoms with E-state index < -0.39 is 0 Å². The second-order valence-electron chi connectivity index (χ2n) is 6.08.